The normalized spacial score (nSPS) is 22.6. The lowest BCUT2D eigenvalue weighted by Crippen LogP contribution is -2.30. The van der Waals surface area contributed by atoms with Crippen molar-refractivity contribution in [3.63, 3.8) is 0 Å². The summed E-state index contributed by atoms with van der Waals surface area (Å²) in [6.45, 7) is 2.99. The molecule has 0 spiro atoms. The molecule has 0 bridgehead atoms. The molecule has 0 amide bonds. The molecular weight excluding hydrogens is 190 g/mol. The van der Waals surface area contributed by atoms with Gasteiger partial charge in [-0.25, -0.2) is 4.98 Å². The predicted molar refractivity (Wildman–Crippen MR) is 60.7 cm³/mol. The largest absolute Gasteiger partial charge is 0.384 e. The summed E-state index contributed by atoms with van der Waals surface area (Å²) in [5.74, 6) is 1.36. The van der Waals surface area contributed by atoms with Gasteiger partial charge in [0.2, 0.25) is 0 Å². The number of anilines is 2. The zero-order valence-electron chi connectivity index (χ0n) is 8.94. The minimum Gasteiger partial charge on any atom is -0.384 e. The monoisotopic (exact) mass is 207 g/mol. The zero-order valence-corrected chi connectivity index (χ0v) is 8.94. The van der Waals surface area contributed by atoms with Gasteiger partial charge in [-0.1, -0.05) is 6.07 Å². The van der Waals surface area contributed by atoms with Crippen LogP contribution in [0.1, 0.15) is 19.8 Å². The van der Waals surface area contributed by atoms with Crippen molar-refractivity contribution >= 4 is 11.6 Å². The Labute approximate surface area is 89.8 Å². The maximum atomic E-state index is 5.61. The van der Waals surface area contributed by atoms with Crippen molar-refractivity contribution < 1.29 is 4.74 Å². The molecule has 1 aliphatic heterocycles. The van der Waals surface area contributed by atoms with Gasteiger partial charge in [-0.2, -0.15) is 0 Å². The second-order valence-electron chi connectivity index (χ2n) is 3.93. The third-order valence-corrected chi connectivity index (χ3v) is 2.67. The van der Waals surface area contributed by atoms with Gasteiger partial charge in [0.25, 0.3) is 0 Å². The van der Waals surface area contributed by atoms with Gasteiger partial charge in [-0.3, -0.25) is 0 Å². The highest BCUT2D eigenvalue weighted by Crippen LogP contribution is 2.18. The molecule has 1 saturated heterocycles. The van der Waals surface area contributed by atoms with Crippen LogP contribution < -0.4 is 11.1 Å². The third-order valence-electron chi connectivity index (χ3n) is 2.67. The van der Waals surface area contributed by atoms with E-state index in [4.69, 9.17) is 10.5 Å². The Morgan fingerprint density at radius 1 is 1.60 bits per heavy atom. The lowest BCUT2D eigenvalue weighted by molar-refractivity contribution is 0.0995. The Morgan fingerprint density at radius 3 is 3.13 bits per heavy atom. The zero-order chi connectivity index (χ0) is 10.7. The lowest BCUT2D eigenvalue weighted by Gasteiger charge is -2.20. The molecule has 2 atom stereocenters. The van der Waals surface area contributed by atoms with Crippen molar-refractivity contribution in [1.82, 2.24) is 4.98 Å². The van der Waals surface area contributed by atoms with E-state index in [0.717, 1.165) is 25.3 Å². The topological polar surface area (TPSA) is 60.2 Å². The van der Waals surface area contributed by atoms with Gasteiger partial charge >= 0.3 is 0 Å². The average molecular weight is 207 g/mol. The molecule has 1 fully saturated rings. The van der Waals surface area contributed by atoms with E-state index in [1.54, 1.807) is 6.07 Å². The summed E-state index contributed by atoms with van der Waals surface area (Å²) in [6.07, 6.45) is 2.57. The van der Waals surface area contributed by atoms with Crippen LogP contribution in [0.2, 0.25) is 0 Å². The van der Waals surface area contributed by atoms with Gasteiger partial charge < -0.3 is 15.8 Å². The number of hydrogen-bond acceptors (Lipinski definition) is 4. The molecule has 2 rings (SSSR count). The molecule has 1 aromatic heterocycles. The molecule has 2 unspecified atom stereocenters. The number of hydrogen-bond donors (Lipinski definition) is 2. The third kappa shape index (κ3) is 2.59. The summed E-state index contributed by atoms with van der Waals surface area (Å²) < 4.78 is 5.60. The van der Waals surface area contributed by atoms with Crippen LogP contribution in [0.5, 0.6) is 0 Å². The number of ether oxygens (including phenoxy) is 1. The molecule has 0 aliphatic carbocycles. The van der Waals surface area contributed by atoms with E-state index in [9.17, 15) is 0 Å². The number of aromatic nitrogens is 1. The van der Waals surface area contributed by atoms with Crippen molar-refractivity contribution in [2.75, 3.05) is 17.7 Å². The highest BCUT2D eigenvalue weighted by molar-refractivity contribution is 5.42. The van der Waals surface area contributed by atoms with Gasteiger partial charge in [0.05, 0.1) is 12.1 Å². The summed E-state index contributed by atoms with van der Waals surface area (Å²) in [4.78, 5) is 4.20. The van der Waals surface area contributed by atoms with Crippen LogP contribution in [0, 0.1) is 0 Å². The number of nitrogens with zero attached hydrogens (tertiary/aromatic N) is 1. The minimum absolute atomic E-state index is 0.279. The van der Waals surface area contributed by atoms with Crippen LogP contribution in [-0.2, 0) is 4.74 Å². The average Bonchev–Trinajstić information content (AvgIpc) is 2.70. The van der Waals surface area contributed by atoms with Crippen LogP contribution >= 0.6 is 0 Å². The molecule has 0 aromatic carbocycles. The van der Waals surface area contributed by atoms with Crippen LogP contribution in [0.4, 0.5) is 11.6 Å². The Kier molecular flexibility index (Phi) is 3.06. The molecule has 1 aromatic rings. The first-order valence-electron chi connectivity index (χ1n) is 5.36. The van der Waals surface area contributed by atoms with E-state index >= 15 is 0 Å². The number of nitrogens with one attached hydrogen (secondary N) is 1. The molecular formula is C11H17N3O. The van der Waals surface area contributed by atoms with Gasteiger partial charge in [0.15, 0.2) is 0 Å². The van der Waals surface area contributed by atoms with Gasteiger partial charge in [-0.05, 0) is 31.9 Å². The first-order chi connectivity index (χ1) is 7.25. The maximum Gasteiger partial charge on any atom is 0.128 e. The van der Waals surface area contributed by atoms with Gasteiger partial charge in [0, 0.05) is 6.61 Å². The second kappa shape index (κ2) is 4.49. The maximum absolute atomic E-state index is 5.61. The summed E-state index contributed by atoms with van der Waals surface area (Å²) in [6, 6.07) is 5.87. The number of rotatable bonds is 3. The van der Waals surface area contributed by atoms with E-state index in [-0.39, 0.29) is 6.04 Å². The molecule has 82 valence electrons. The summed E-state index contributed by atoms with van der Waals surface area (Å²) >= 11 is 0. The fourth-order valence-electron chi connectivity index (χ4n) is 1.85. The quantitative estimate of drug-likeness (QED) is 0.791. The van der Waals surface area contributed by atoms with Crippen LogP contribution in [0.25, 0.3) is 0 Å². The lowest BCUT2D eigenvalue weighted by atomic mass is 10.1. The summed E-state index contributed by atoms with van der Waals surface area (Å²) in [5, 5.41) is 3.31. The Hall–Kier alpha value is -1.29. The molecule has 4 nitrogen and oxygen atoms in total. The van der Waals surface area contributed by atoms with E-state index in [1.807, 2.05) is 12.1 Å². The molecule has 0 saturated carbocycles. The van der Waals surface area contributed by atoms with E-state index in [2.05, 4.69) is 17.2 Å². The van der Waals surface area contributed by atoms with Crippen molar-refractivity contribution in [3.8, 4) is 0 Å². The number of pyridine rings is 1. The molecule has 3 N–H and O–H groups in total. The second-order valence-corrected chi connectivity index (χ2v) is 3.93. The Balaban J connectivity index is 1.95. The van der Waals surface area contributed by atoms with Crippen LogP contribution in [0.15, 0.2) is 18.2 Å². The smallest absolute Gasteiger partial charge is 0.128 e. The molecule has 0 radical (unpaired) electrons. The summed E-state index contributed by atoms with van der Waals surface area (Å²) in [7, 11) is 0. The Bertz CT molecular complexity index is 323. The van der Waals surface area contributed by atoms with Crippen molar-refractivity contribution in [2.45, 2.75) is 31.9 Å². The SMILES string of the molecule is CC(Nc1cccc(N)n1)C1CCCO1. The highest BCUT2D eigenvalue weighted by Gasteiger charge is 2.22. The molecule has 1 aliphatic rings. The first kappa shape index (κ1) is 10.2. The predicted octanol–water partition coefficient (Wildman–Crippen LogP) is 1.64. The van der Waals surface area contributed by atoms with Crippen molar-refractivity contribution in [1.29, 1.82) is 0 Å². The molecule has 2 heterocycles. The van der Waals surface area contributed by atoms with Crippen molar-refractivity contribution in [2.24, 2.45) is 0 Å². The fourth-order valence-corrected chi connectivity index (χ4v) is 1.85. The van der Waals surface area contributed by atoms with E-state index < -0.39 is 0 Å². The first-order valence-corrected chi connectivity index (χ1v) is 5.36. The highest BCUT2D eigenvalue weighted by atomic mass is 16.5. The van der Waals surface area contributed by atoms with Crippen LogP contribution in [-0.4, -0.2) is 23.7 Å². The number of nitrogen functional groups attached to an aromatic ring is 1. The summed E-state index contributed by atoms with van der Waals surface area (Å²) in [5.41, 5.74) is 5.61. The van der Waals surface area contributed by atoms with Crippen molar-refractivity contribution in [3.05, 3.63) is 18.2 Å². The fraction of sp³-hybridized carbons (Fsp3) is 0.545. The molecule has 4 heteroatoms. The van der Waals surface area contributed by atoms with Gasteiger partial charge in [-0.15, -0.1) is 0 Å². The van der Waals surface area contributed by atoms with Gasteiger partial charge in [0.1, 0.15) is 11.6 Å². The minimum atomic E-state index is 0.279. The standard InChI is InChI=1S/C11H17N3O/c1-8(9-4-3-7-15-9)13-11-6-2-5-10(12)14-11/h2,5-6,8-9H,3-4,7H2,1H3,(H3,12,13,14). The Morgan fingerprint density at radius 2 is 2.47 bits per heavy atom. The molecule has 15 heavy (non-hydrogen) atoms. The van der Waals surface area contributed by atoms with E-state index in [0.29, 0.717) is 11.9 Å². The van der Waals surface area contributed by atoms with E-state index in [1.165, 1.54) is 0 Å². The van der Waals surface area contributed by atoms with Crippen LogP contribution in [0.3, 0.4) is 0 Å². The number of nitrogens with two attached hydrogens (primary N) is 1.